The van der Waals surface area contributed by atoms with E-state index < -0.39 is 0 Å². The topological polar surface area (TPSA) is 64.6 Å². The summed E-state index contributed by atoms with van der Waals surface area (Å²) in [4.78, 5) is 0. The van der Waals surface area contributed by atoms with Crippen molar-refractivity contribution in [2.45, 2.75) is 312 Å². The van der Waals surface area contributed by atoms with Gasteiger partial charge in [-0.15, -0.1) is 0 Å². The summed E-state index contributed by atoms with van der Waals surface area (Å²) in [6.07, 6.45) is 48.1. The Kier molecular flexibility index (Phi) is 28.5. The number of rotatable bonds is 18. The third kappa shape index (κ3) is 19.9. The summed E-state index contributed by atoms with van der Waals surface area (Å²) in [5.41, 5.74) is 0.980. The van der Waals surface area contributed by atoms with Gasteiger partial charge in [0.15, 0.2) is 0 Å². The maximum absolute atomic E-state index is 6.04. The third-order valence-corrected chi connectivity index (χ3v) is 25.7. The van der Waals surface area contributed by atoms with Crippen molar-refractivity contribution in [3.05, 3.63) is 0 Å². The van der Waals surface area contributed by atoms with Gasteiger partial charge in [-0.1, -0.05) is 66.2 Å². The van der Waals surface area contributed by atoms with Gasteiger partial charge in [-0.25, -0.2) is 0 Å². The highest BCUT2D eigenvalue weighted by molar-refractivity contribution is 5.04. The molecule has 16 bridgehead atoms. The van der Waals surface area contributed by atoms with Crippen LogP contribution in [0.15, 0.2) is 0 Å². The van der Waals surface area contributed by atoms with E-state index in [2.05, 4.69) is 76.2 Å². The molecule has 0 N–H and O–H groups in total. The van der Waals surface area contributed by atoms with Crippen LogP contribution in [0.3, 0.4) is 0 Å². The predicted molar refractivity (Wildman–Crippen MR) is 350 cm³/mol. The Morgan fingerprint density at radius 2 is 0.810 bits per heavy atom. The molecule has 0 radical (unpaired) electrons. The smallest absolute Gasteiger partial charge is 0.0690 e. The minimum absolute atomic E-state index is 0.351. The molecule has 0 aliphatic heterocycles. The summed E-state index contributed by atoms with van der Waals surface area (Å²) >= 11 is 0. The summed E-state index contributed by atoms with van der Waals surface area (Å²) in [5, 5.41) is 0. The van der Waals surface area contributed by atoms with E-state index in [1.165, 1.54) is 167 Å². The average molecular weight is 1180 g/mol. The Balaban J connectivity index is 0.000000130. The van der Waals surface area contributed by atoms with Crippen molar-refractivity contribution in [1.29, 1.82) is 0 Å². The molecule has 4 atom stereocenters. The van der Waals surface area contributed by atoms with E-state index in [0.717, 1.165) is 153 Å². The Hall–Kier alpha value is -0.280. The zero-order chi connectivity index (χ0) is 59.8. The minimum Gasteiger partial charge on any atom is -0.381 e. The fourth-order valence-electron chi connectivity index (χ4n) is 22.5. The van der Waals surface area contributed by atoms with Crippen molar-refractivity contribution in [2.75, 3.05) is 60.0 Å². The number of methoxy groups -OCH3 is 1. The highest BCUT2D eigenvalue weighted by Crippen LogP contribution is 2.61. The second kappa shape index (κ2) is 34.4. The van der Waals surface area contributed by atoms with Crippen molar-refractivity contribution in [3.8, 4) is 0 Å². The summed E-state index contributed by atoms with van der Waals surface area (Å²) in [6, 6.07) is 0. The molecule has 18 saturated carbocycles. The fourth-order valence-corrected chi connectivity index (χ4v) is 22.5. The molecule has 0 saturated heterocycles. The maximum atomic E-state index is 6.04. The van der Waals surface area contributed by atoms with Gasteiger partial charge in [0.2, 0.25) is 0 Å². The molecule has 0 aromatic carbocycles. The second-order valence-electron chi connectivity index (χ2n) is 32.7. The maximum Gasteiger partial charge on any atom is 0.0690 e. The summed E-state index contributed by atoms with van der Waals surface area (Å²) in [6.45, 7) is 33.0. The van der Waals surface area contributed by atoms with Crippen molar-refractivity contribution in [3.63, 3.8) is 0 Å². The van der Waals surface area contributed by atoms with Gasteiger partial charge in [0, 0.05) is 53.4 Å². The third-order valence-electron chi connectivity index (χ3n) is 25.7. The zero-order valence-corrected chi connectivity index (χ0v) is 57.7. The van der Waals surface area contributed by atoms with Crippen molar-refractivity contribution in [1.82, 2.24) is 0 Å². The molecule has 18 aliphatic rings. The molecule has 7 nitrogen and oxygen atoms in total. The van der Waals surface area contributed by atoms with Crippen molar-refractivity contribution in [2.24, 2.45) is 118 Å². The lowest BCUT2D eigenvalue weighted by atomic mass is 9.50. The SMILES string of the molecule is CCOC(C)C(C)C.CCOC12CC3CC(CC(C3)C1)C2.CCOC1C2CC3CC(C2)CC1C3.CCOC1CCCC(C2CCCCC2)C1.CCOCC12CC3CC(CC(C3)C1)C2.CCOCC1C2CC3CC(C2)CC1C3.COC(C)C(C)C. The largest absolute Gasteiger partial charge is 0.381 e. The van der Waals surface area contributed by atoms with Crippen LogP contribution < -0.4 is 0 Å². The van der Waals surface area contributed by atoms with Crippen LogP contribution in [0.1, 0.15) is 282 Å². The molecular weight excluding hydrogens is 1040 g/mol. The lowest BCUT2D eigenvalue weighted by Crippen LogP contribution is -2.51. The van der Waals surface area contributed by atoms with Crippen LogP contribution in [0.2, 0.25) is 0 Å². The predicted octanol–water partition coefficient (Wildman–Crippen LogP) is 20.1. The van der Waals surface area contributed by atoms with Gasteiger partial charge in [0.1, 0.15) is 0 Å². The standard InChI is InChI=1S/C14H26O.2C13H22O.2C12H20O.C7H16O.C6H14O/c1-2-15-14-10-6-9-13(11-14)12-7-4-3-5-8-12;1-2-14-9-13-6-10-3-11(7-13)5-12(4-10)8-13;1-2-14-8-13-11-4-9-3-10(6-11)7-12(13)5-9;1-2-13-12-6-9-3-10(7-12)5-11(4-9)8-12;1-2-13-12-10-4-8-3-9(6-10)7-11(12)5-8;1-5-8-7(4)6(2)3;1-5(2)6(3)7-4/h12-14H,2-11H2,1H3;10-12H,2-9H2,1H3;9-13H,2-8H2,1H3;9-11H,2-8H2,1H3;8-12H,2-7H2,1H3;6-7H,5H2,1-4H3;5-6H,1-4H3. The molecular formula is C77H140O7. The van der Waals surface area contributed by atoms with E-state index in [0.29, 0.717) is 47.3 Å². The van der Waals surface area contributed by atoms with Gasteiger partial charge < -0.3 is 33.2 Å². The van der Waals surface area contributed by atoms with Crippen molar-refractivity contribution >= 4 is 0 Å². The molecule has 18 aliphatic carbocycles. The lowest BCUT2D eigenvalue weighted by molar-refractivity contribution is -0.159. The van der Waals surface area contributed by atoms with Gasteiger partial charge in [-0.3, -0.25) is 0 Å². The molecule has 0 aromatic heterocycles. The molecule has 0 heterocycles. The first-order chi connectivity index (χ1) is 40.6. The first-order valence-electron chi connectivity index (χ1n) is 37.8. The molecule has 18 rings (SSSR count). The summed E-state index contributed by atoms with van der Waals surface area (Å²) in [7, 11) is 1.74. The highest BCUT2D eigenvalue weighted by atomic mass is 16.5. The van der Waals surface area contributed by atoms with Gasteiger partial charge in [-0.05, 0) is 334 Å². The van der Waals surface area contributed by atoms with Gasteiger partial charge in [-0.2, -0.15) is 0 Å². The van der Waals surface area contributed by atoms with Crippen LogP contribution in [0, 0.1) is 118 Å². The van der Waals surface area contributed by atoms with Crippen LogP contribution in [0.4, 0.5) is 0 Å². The van der Waals surface area contributed by atoms with Gasteiger partial charge >= 0.3 is 0 Å². The molecule has 4 unspecified atom stereocenters. The zero-order valence-electron chi connectivity index (χ0n) is 57.7. The van der Waals surface area contributed by atoms with Crippen LogP contribution in [-0.4, -0.2) is 90.0 Å². The Morgan fingerprint density at radius 1 is 0.369 bits per heavy atom. The Morgan fingerprint density at radius 3 is 1.20 bits per heavy atom. The number of hydrogen-bond donors (Lipinski definition) is 0. The van der Waals surface area contributed by atoms with Gasteiger partial charge in [0.25, 0.3) is 0 Å². The quantitative estimate of drug-likeness (QED) is 0.135. The van der Waals surface area contributed by atoms with Crippen LogP contribution >= 0.6 is 0 Å². The molecule has 84 heavy (non-hydrogen) atoms. The van der Waals surface area contributed by atoms with E-state index in [1.807, 2.05) is 6.92 Å². The molecule has 490 valence electrons. The van der Waals surface area contributed by atoms with E-state index in [1.54, 1.807) is 39.2 Å². The molecule has 0 aromatic rings. The molecule has 0 amide bonds. The monoisotopic (exact) mass is 1180 g/mol. The second-order valence-corrected chi connectivity index (χ2v) is 32.7. The Labute approximate surface area is 520 Å². The summed E-state index contributed by atoms with van der Waals surface area (Å²) in [5.74, 6) is 18.9. The van der Waals surface area contributed by atoms with Crippen molar-refractivity contribution < 1.29 is 33.2 Å². The van der Waals surface area contributed by atoms with Gasteiger partial charge in [0.05, 0.1) is 36.6 Å². The first-order valence-corrected chi connectivity index (χ1v) is 37.8. The van der Waals surface area contributed by atoms with Crippen LogP contribution in [0.5, 0.6) is 0 Å². The lowest BCUT2D eigenvalue weighted by Gasteiger charge is -2.56. The summed E-state index contributed by atoms with van der Waals surface area (Å²) < 4.78 is 39.5. The normalized spacial score (nSPS) is 41.8. The minimum atomic E-state index is 0.351. The van der Waals surface area contributed by atoms with E-state index in [9.17, 15) is 0 Å². The van der Waals surface area contributed by atoms with E-state index in [4.69, 9.17) is 33.2 Å². The first kappa shape index (κ1) is 69.6. The molecule has 18 fully saturated rings. The Bertz CT molecular complexity index is 1660. The highest BCUT2D eigenvalue weighted by Gasteiger charge is 2.53. The molecule has 0 spiro atoms. The van der Waals surface area contributed by atoms with E-state index >= 15 is 0 Å². The van der Waals surface area contributed by atoms with Crippen LogP contribution in [0.25, 0.3) is 0 Å². The van der Waals surface area contributed by atoms with E-state index in [-0.39, 0.29) is 0 Å². The number of ether oxygens (including phenoxy) is 7. The average Bonchev–Trinajstić information content (AvgIpc) is 2.01. The molecule has 7 heteroatoms. The number of hydrogen-bond acceptors (Lipinski definition) is 7. The fraction of sp³-hybridized carbons (Fsp3) is 1.00. The van der Waals surface area contributed by atoms with Crippen LogP contribution in [-0.2, 0) is 33.2 Å².